The van der Waals surface area contributed by atoms with Gasteiger partial charge in [0.15, 0.2) is 0 Å². The second-order valence-corrected chi connectivity index (χ2v) is 4.58. The molecule has 0 saturated heterocycles. The fraction of sp³-hybridized carbons (Fsp3) is 0.118. The molecule has 0 heterocycles. The Labute approximate surface area is 113 Å². The molecule has 2 nitrogen and oxygen atoms in total. The summed E-state index contributed by atoms with van der Waals surface area (Å²) in [6, 6.07) is 16.3. The first-order valence-electron chi connectivity index (χ1n) is 6.19. The highest BCUT2D eigenvalue weighted by Crippen LogP contribution is 2.13. The molecule has 0 aliphatic rings. The van der Waals surface area contributed by atoms with E-state index in [0.717, 1.165) is 18.1 Å². The van der Waals surface area contributed by atoms with Gasteiger partial charge in [-0.15, -0.1) is 0 Å². The monoisotopic (exact) mass is 252 g/mol. The molecule has 0 aliphatic heterocycles. The SMILES string of the molecule is Cc1cccc(Cc2cccc(/C=C/C(=O)O)c2)c1. The lowest BCUT2D eigenvalue weighted by atomic mass is 10.0. The number of carboxylic acids is 1. The third kappa shape index (κ3) is 4.11. The van der Waals surface area contributed by atoms with Crippen LogP contribution < -0.4 is 0 Å². The lowest BCUT2D eigenvalue weighted by Gasteiger charge is -2.04. The van der Waals surface area contributed by atoms with Gasteiger partial charge in [-0.25, -0.2) is 4.79 Å². The minimum absolute atomic E-state index is 0.858. The van der Waals surface area contributed by atoms with Crippen LogP contribution in [-0.2, 0) is 11.2 Å². The van der Waals surface area contributed by atoms with E-state index in [2.05, 4.69) is 37.3 Å². The van der Waals surface area contributed by atoms with Crippen LogP contribution in [0.2, 0.25) is 0 Å². The normalized spacial score (nSPS) is 10.8. The first kappa shape index (κ1) is 13.1. The highest BCUT2D eigenvalue weighted by atomic mass is 16.4. The van der Waals surface area contributed by atoms with Gasteiger partial charge in [-0.2, -0.15) is 0 Å². The van der Waals surface area contributed by atoms with Gasteiger partial charge >= 0.3 is 5.97 Å². The molecule has 0 aliphatic carbocycles. The maximum Gasteiger partial charge on any atom is 0.328 e. The van der Waals surface area contributed by atoms with Crippen molar-refractivity contribution >= 4 is 12.0 Å². The number of hydrogen-bond acceptors (Lipinski definition) is 1. The van der Waals surface area contributed by atoms with Crippen molar-refractivity contribution in [3.05, 3.63) is 76.9 Å². The van der Waals surface area contributed by atoms with Crippen LogP contribution in [0.3, 0.4) is 0 Å². The van der Waals surface area contributed by atoms with Crippen LogP contribution >= 0.6 is 0 Å². The van der Waals surface area contributed by atoms with Crippen molar-refractivity contribution in [3.8, 4) is 0 Å². The molecule has 0 saturated carbocycles. The first-order valence-corrected chi connectivity index (χ1v) is 6.19. The van der Waals surface area contributed by atoms with E-state index in [1.54, 1.807) is 6.08 Å². The summed E-state index contributed by atoms with van der Waals surface area (Å²) in [5.74, 6) is -0.927. The van der Waals surface area contributed by atoms with Crippen LogP contribution in [-0.4, -0.2) is 11.1 Å². The van der Waals surface area contributed by atoms with E-state index in [9.17, 15) is 4.79 Å². The predicted octanol–water partition coefficient (Wildman–Crippen LogP) is 3.68. The van der Waals surface area contributed by atoms with Crippen molar-refractivity contribution in [2.75, 3.05) is 0 Å². The Morgan fingerprint density at radius 1 is 1.11 bits per heavy atom. The van der Waals surface area contributed by atoms with E-state index in [-0.39, 0.29) is 0 Å². The molecular formula is C17H16O2. The van der Waals surface area contributed by atoms with Gasteiger partial charge in [0.05, 0.1) is 0 Å². The molecule has 0 bridgehead atoms. The van der Waals surface area contributed by atoms with Crippen molar-refractivity contribution in [1.82, 2.24) is 0 Å². The van der Waals surface area contributed by atoms with Crippen molar-refractivity contribution in [3.63, 3.8) is 0 Å². The summed E-state index contributed by atoms with van der Waals surface area (Å²) in [5, 5.41) is 8.62. The van der Waals surface area contributed by atoms with Gasteiger partial charge < -0.3 is 5.11 Å². The fourth-order valence-electron chi connectivity index (χ4n) is 2.03. The molecule has 96 valence electrons. The average molecular weight is 252 g/mol. The summed E-state index contributed by atoms with van der Waals surface area (Å²) in [6.07, 6.45) is 3.63. The second kappa shape index (κ2) is 6.01. The quantitative estimate of drug-likeness (QED) is 0.843. The molecule has 2 aromatic rings. The van der Waals surface area contributed by atoms with Crippen LogP contribution in [0.4, 0.5) is 0 Å². The largest absolute Gasteiger partial charge is 0.478 e. The van der Waals surface area contributed by atoms with Gasteiger partial charge in [-0.05, 0) is 36.1 Å². The van der Waals surface area contributed by atoms with Gasteiger partial charge in [0.1, 0.15) is 0 Å². The molecular weight excluding hydrogens is 236 g/mol. The molecule has 1 N–H and O–H groups in total. The van der Waals surface area contributed by atoms with E-state index < -0.39 is 5.97 Å². The third-order valence-corrected chi connectivity index (χ3v) is 2.86. The summed E-state index contributed by atoms with van der Waals surface area (Å²) in [7, 11) is 0. The number of benzene rings is 2. The molecule has 19 heavy (non-hydrogen) atoms. The smallest absolute Gasteiger partial charge is 0.328 e. The zero-order chi connectivity index (χ0) is 13.7. The van der Waals surface area contributed by atoms with Crippen LogP contribution in [0.25, 0.3) is 6.08 Å². The molecule has 0 aromatic heterocycles. The number of carboxylic acid groups (broad SMARTS) is 1. The number of aliphatic carboxylic acids is 1. The Bertz CT molecular complexity index is 612. The maximum absolute atomic E-state index is 10.5. The van der Waals surface area contributed by atoms with Gasteiger partial charge in [-0.3, -0.25) is 0 Å². The summed E-state index contributed by atoms with van der Waals surface area (Å²) < 4.78 is 0. The zero-order valence-electron chi connectivity index (χ0n) is 10.8. The Hall–Kier alpha value is -2.35. The third-order valence-electron chi connectivity index (χ3n) is 2.86. The van der Waals surface area contributed by atoms with E-state index in [1.165, 1.54) is 16.7 Å². The van der Waals surface area contributed by atoms with Crippen molar-refractivity contribution in [1.29, 1.82) is 0 Å². The van der Waals surface area contributed by atoms with E-state index in [1.807, 2.05) is 18.2 Å². The standard InChI is InChI=1S/C17H16O2/c1-13-4-2-6-15(10-13)12-16-7-3-5-14(11-16)8-9-17(18)19/h2-11H,12H2,1H3,(H,18,19)/b9-8+. The minimum Gasteiger partial charge on any atom is -0.478 e. The lowest BCUT2D eigenvalue weighted by molar-refractivity contribution is -0.131. The summed E-state index contributed by atoms with van der Waals surface area (Å²) in [6.45, 7) is 2.08. The van der Waals surface area contributed by atoms with Crippen molar-refractivity contribution in [2.24, 2.45) is 0 Å². The van der Waals surface area contributed by atoms with Crippen LogP contribution in [0.5, 0.6) is 0 Å². The molecule has 2 aromatic carbocycles. The molecule has 0 amide bonds. The van der Waals surface area contributed by atoms with Gasteiger partial charge in [0, 0.05) is 6.08 Å². The number of aryl methyl sites for hydroxylation is 1. The van der Waals surface area contributed by atoms with Crippen LogP contribution in [0, 0.1) is 6.92 Å². The first-order chi connectivity index (χ1) is 9.13. The van der Waals surface area contributed by atoms with Crippen LogP contribution in [0.15, 0.2) is 54.6 Å². The van der Waals surface area contributed by atoms with Gasteiger partial charge in [-0.1, -0.05) is 54.1 Å². The Balaban J connectivity index is 2.17. The van der Waals surface area contributed by atoms with Crippen LogP contribution in [0.1, 0.15) is 22.3 Å². The van der Waals surface area contributed by atoms with Crippen molar-refractivity contribution < 1.29 is 9.90 Å². The summed E-state index contributed by atoms with van der Waals surface area (Å²) >= 11 is 0. The summed E-state index contributed by atoms with van der Waals surface area (Å²) in [4.78, 5) is 10.5. The lowest BCUT2D eigenvalue weighted by Crippen LogP contribution is -1.90. The highest BCUT2D eigenvalue weighted by Gasteiger charge is 1.98. The van der Waals surface area contributed by atoms with Gasteiger partial charge in [0.25, 0.3) is 0 Å². The number of rotatable bonds is 4. The Kier molecular flexibility index (Phi) is 4.14. The molecule has 0 fully saturated rings. The number of carbonyl (C=O) groups is 1. The zero-order valence-corrected chi connectivity index (χ0v) is 10.8. The molecule has 0 spiro atoms. The predicted molar refractivity (Wildman–Crippen MR) is 77.1 cm³/mol. The second-order valence-electron chi connectivity index (χ2n) is 4.58. The Morgan fingerprint density at radius 3 is 2.47 bits per heavy atom. The summed E-state index contributed by atoms with van der Waals surface area (Å²) in [5.41, 5.74) is 4.60. The van der Waals surface area contributed by atoms with E-state index >= 15 is 0 Å². The van der Waals surface area contributed by atoms with Crippen molar-refractivity contribution in [2.45, 2.75) is 13.3 Å². The maximum atomic E-state index is 10.5. The fourth-order valence-corrected chi connectivity index (χ4v) is 2.03. The minimum atomic E-state index is -0.927. The van der Waals surface area contributed by atoms with Gasteiger partial charge in [0.2, 0.25) is 0 Å². The molecule has 0 atom stereocenters. The average Bonchev–Trinajstić information content (AvgIpc) is 2.37. The van der Waals surface area contributed by atoms with E-state index in [0.29, 0.717) is 0 Å². The number of hydrogen-bond donors (Lipinski definition) is 1. The highest BCUT2D eigenvalue weighted by molar-refractivity contribution is 5.85. The topological polar surface area (TPSA) is 37.3 Å². The molecule has 0 unspecified atom stereocenters. The van der Waals surface area contributed by atoms with E-state index in [4.69, 9.17) is 5.11 Å². The molecule has 2 heteroatoms. The molecule has 2 rings (SSSR count). The molecule has 0 radical (unpaired) electrons. The Morgan fingerprint density at radius 2 is 1.79 bits per heavy atom.